The molecule has 200 valence electrons. The lowest BCUT2D eigenvalue weighted by atomic mass is 9.94. The van der Waals surface area contributed by atoms with Gasteiger partial charge >= 0.3 is 0 Å². The number of epoxide rings is 1. The molecule has 1 aromatic heterocycles. The second kappa shape index (κ2) is 12.9. The molecule has 11 nitrogen and oxygen atoms in total. The van der Waals surface area contributed by atoms with E-state index in [1.165, 1.54) is 31.8 Å². The lowest BCUT2D eigenvalue weighted by Crippen LogP contribution is -2.59. The van der Waals surface area contributed by atoms with E-state index in [0.29, 0.717) is 9.88 Å². The summed E-state index contributed by atoms with van der Waals surface area (Å²) in [6.45, 7) is 3.44. The van der Waals surface area contributed by atoms with Crippen LogP contribution in [0.3, 0.4) is 0 Å². The van der Waals surface area contributed by atoms with Crippen LogP contribution < -0.4 is 16.0 Å². The van der Waals surface area contributed by atoms with E-state index in [1.807, 2.05) is 30.3 Å². The minimum atomic E-state index is -1.13. The summed E-state index contributed by atoms with van der Waals surface area (Å²) >= 11 is 1.19. The number of benzene rings is 1. The van der Waals surface area contributed by atoms with Gasteiger partial charge in [-0.2, -0.15) is 0 Å². The van der Waals surface area contributed by atoms with Crippen molar-refractivity contribution >= 4 is 34.8 Å². The summed E-state index contributed by atoms with van der Waals surface area (Å²) in [7, 11) is 2.78. The molecule has 4 atom stereocenters. The molecular formula is C25H32N4O7S. The number of methoxy groups -OCH3 is 2. The van der Waals surface area contributed by atoms with E-state index in [-0.39, 0.29) is 32.0 Å². The summed E-state index contributed by atoms with van der Waals surface area (Å²) < 4.78 is 15.6. The van der Waals surface area contributed by atoms with Gasteiger partial charge in [-0.1, -0.05) is 30.3 Å². The molecule has 0 saturated carbocycles. The van der Waals surface area contributed by atoms with Crippen LogP contribution >= 0.6 is 11.3 Å². The van der Waals surface area contributed by atoms with Crippen LogP contribution in [0.2, 0.25) is 0 Å². The highest BCUT2D eigenvalue weighted by Gasteiger charge is 2.50. The molecule has 1 fully saturated rings. The first-order valence-electron chi connectivity index (χ1n) is 11.7. The molecule has 0 aliphatic carbocycles. The van der Waals surface area contributed by atoms with Crippen LogP contribution in [0.25, 0.3) is 0 Å². The van der Waals surface area contributed by atoms with Crippen molar-refractivity contribution in [3.63, 3.8) is 0 Å². The number of hydrogen-bond donors (Lipinski definition) is 3. The van der Waals surface area contributed by atoms with Crippen molar-refractivity contribution in [2.75, 3.05) is 34.0 Å². The lowest BCUT2D eigenvalue weighted by molar-refractivity contribution is -0.134. The number of thiazole rings is 1. The second-order valence-electron chi connectivity index (χ2n) is 8.88. The maximum atomic E-state index is 13.2. The van der Waals surface area contributed by atoms with E-state index >= 15 is 0 Å². The number of amides is 3. The van der Waals surface area contributed by atoms with E-state index in [4.69, 9.17) is 14.2 Å². The van der Waals surface area contributed by atoms with Crippen molar-refractivity contribution in [3.05, 3.63) is 52.0 Å². The maximum absolute atomic E-state index is 13.2. The van der Waals surface area contributed by atoms with Crippen molar-refractivity contribution < 1.29 is 33.4 Å². The number of aryl methyl sites for hydroxylation is 1. The Morgan fingerprint density at radius 2 is 1.57 bits per heavy atom. The Morgan fingerprint density at radius 3 is 2.08 bits per heavy atom. The van der Waals surface area contributed by atoms with E-state index in [9.17, 15) is 19.2 Å². The largest absolute Gasteiger partial charge is 0.382 e. The number of rotatable bonds is 14. The van der Waals surface area contributed by atoms with Gasteiger partial charge in [0.1, 0.15) is 22.6 Å². The molecule has 0 radical (unpaired) electrons. The van der Waals surface area contributed by atoms with Crippen LogP contribution in [-0.4, -0.2) is 86.3 Å². The third-order valence-electron chi connectivity index (χ3n) is 5.78. The number of ketones is 1. The van der Waals surface area contributed by atoms with Gasteiger partial charge in [0.25, 0.3) is 5.91 Å². The Hall–Kier alpha value is -3.19. The van der Waals surface area contributed by atoms with Crippen LogP contribution in [0.1, 0.15) is 27.2 Å². The fourth-order valence-corrected chi connectivity index (χ4v) is 4.30. The fraction of sp³-hybridized carbons (Fsp3) is 0.480. The summed E-state index contributed by atoms with van der Waals surface area (Å²) in [4.78, 5) is 56.3. The Bertz CT molecular complexity index is 1100. The number of nitrogens with zero attached hydrogens (tertiary/aromatic N) is 1. The number of nitrogens with one attached hydrogen (secondary N) is 3. The van der Waals surface area contributed by atoms with Crippen LogP contribution in [0.5, 0.6) is 0 Å². The molecule has 37 heavy (non-hydrogen) atoms. The second-order valence-corrected chi connectivity index (χ2v) is 10.1. The summed E-state index contributed by atoms with van der Waals surface area (Å²) in [6, 6.07) is 6.20. The number of carbonyl (C=O) groups excluding carboxylic acids is 4. The maximum Gasteiger partial charge on any atom is 0.263 e. The number of ether oxygens (including phenoxy) is 3. The predicted molar refractivity (Wildman–Crippen MR) is 135 cm³/mol. The first-order valence-corrected chi connectivity index (χ1v) is 12.5. The summed E-state index contributed by atoms with van der Waals surface area (Å²) in [6.07, 6.45) is 1.68. The minimum absolute atomic E-state index is 0.124. The standard InChI is InChI=1S/C25H32N4O7S/c1-15-26-11-20(37-15)24(33)29-19(13-35-4)23(32)28-18(12-34-3)22(31)27-17(21(30)25(2)14-36-25)10-16-8-6-5-7-9-16/h5-9,11,17-19H,10,12-14H2,1-4H3,(H,27,31)(H,28,32)(H,29,33)/t17-,18-,19?,25+/m0/s1. The average molecular weight is 533 g/mol. The molecule has 1 aliphatic rings. The van der Waals surface area contributed by atoms with Gasteiger partial charge in [0.15, 0.2) is 5.78 Å². The lowest BCUT2D eigenvalue weighted by Gasteiger charge is -2.25. The Kier molecular flexibility index (Phi) is 9.86. The molecule has 1 unspecified atom stereocenters. The number of Topliss-reactive ketones (excluding diaryl/α,β-unsaturated/α-hetero) is 1. The number of aromatic nitrogens is 1. The molecule has 2 aromatic rings. The Morgan fingerprint density at radius 1 is 1.00 bits per heavy atom. The number of carbonyl (C=O) groups is 4. The third-order valence-corrected chi connectivity index (χ3v) is 6.69. The first kappa shape index (κ1) is 28.4. The molecule has 0 spiro atoms. The Balaban J connectivity index is 1.70. The van der Waals surface area contributed by atoms with Crippen LogP contribution in [0, 0.1) is 6.92 Å². The molecule has 3 N–H and O–H groups in total. The van der Waals surface area contributed by atoms with Gasteiger partial charge in [-0.15, -0.1) is 11.3 Å². The summed E-state index contributed by atoms with van der Waals surface area (Å²) in [5.41, 5.74) is -0.0887. The van der Waals surface area contributed by atoms with E-state index < -0.39 is 41.4 Å². The smallest absolute Gasteiger partial charge is 0.263 e. The molecule has 0 bridgehead atoms. The number of hydrogen-bond acceptors (Lipinski definition) is 9. The van der Waals surface area contributed by atoms with Gasteiger partial charge in [0, 0.05) is 14.2 Å². The summed E-state index contributed by atoms with van der Waals surface area (Å²) in [5, 5.41) is 8.67. The van der Waals surface area contributed by atoms with E-state index in [1.54, 1.807) is 13.8 Å². The molecule has 3 rings (SSSR count). The normalized spacial score (nSPS) is 18.8. The van der Waals surface area contributed by atoms with Crippen LogP contribution in [-0.2, 0) is 35.0 Å². The van der Waals surface area contributed by atoms with Gasteiger partial charge in [-0.3, -0.25) is 19.2 Å². The van der Waals surface area contributed by atoms with Gasteiger partial charge in [0.2, 0.25) is 11.8 Å². The topological polar surface area (TPSA) is 148 Å². The molecule has 12 heteroatoms. The molecule has 2 heterocycles. The monoisotopic (exact) mass is 532 g/mol. The average Bonchev–Trinajstić information content (AvgIpc) is 3.48. The van der Waals surface area contributed by atoms with Gasteiger partial charge in [0.05, 0.1) is 37.1 Å². The van der Waals surface area contributed by atoms with Crippen molar-refractivity contribution in [1.82, 2.24) is 20.9 Å². The molecule has 1 aliphatic heterocycles. The zero-order chi connectivity index (χ0) is 27.0. The SMILES string of the molecule is COCC(NC(=O)c1cnc(C)s1)C(=O)N[C@@H](COC)C(=O)N[C@@H](Cc1ccccc1)C(=O)[C@@]1(C)CO1. The van der Waals surface area contributed by atoms with Gasteiger partial charge in [-0.25, -0.2) is 4.98 Å². The molecule has 1 saturated heterocycles. The van der Waals surface area contributed by atoms with Crippen molar-refractivity contribution in [2.45, 2.75) is 44.0 Å². The predicted octanol–water partition coefficient (Wildman–Crippen LogP) is 0.413. The zero-order valence-electron chi connectivity index (χ0n) is 21.2. The van der Waals surface area contributed by atoms with Crippen molar-refractivity contribution in [3.8, 4) is 0 Å². The minimum Gasteiger partial charge on any atom is -0.382 e. The zero-order valence-corrected chi connectivity index (χ0v) is 22.1. The van der Waals surface area contributed by atoms with Crippen LogP contribution in [0.4, 0.5) is 0 Å². The van der Waals surface area contributed by atoms with Crippen LogP contribution in [0.15, 0.2) is 36.5 Å². The molecule has 3 amide bonds. The highest BCUT2D eigenvalue weighted by atomic mass is 32.1. The third kappa shape index (κ3) is 7.89. The highest BCUT2D eigenvalue weighted by Crippen LogP contribution is 2.29. The van der Waals surface area contributed by atoms with Crippen molar-refractivity contribution in [2.24, 2.45) is 0 Å². The first-order chi connectivity index (χ1) is 17.7. The highest BCUT2D eigenvalue weighted by molar-refractivity contribution is 7.13. The van der Waals surface area contributed by atoms with E-state index in [0.717, 1.165) is 5.56 Å². The Labute approximate surface area is 219 Å². The van der Waals surface area contributed by atoms with Crippen molar-refractivity contribution in [1.29, 1.82) is 0 Å². The molecular weight excluding hydrogens is 500 g/mol. The van der Waals surface area contributed by atoms with Gasteiger partial charge in [-0.05, 0) is 25.8 Å². The van der Waals surface area contributed by atoms with E-state index in [2.05, 4.69) is 20.9 Å². The van der Waals surface area contributed by atoms with Gasteiger partial charge < -0.3 is 30.2 Å². The quantitative estimate of drug-likeness (QED) is 0.297. The summed E-state index contributed by atoms with van der Waals surface area (Å²) in [5.74, 6) is -1.98. The molecule has 1 aromatic carbocycles. The fourth-order valence-electron chi connectivity index (χ4n) is 3.62.